The molecular formula is C21H18N4O3. The lowest BCUT2D eigenvalue weighted by Crippen LogP contribution is -2.46. The van der Waals surface area contributed by atoms with Gasteiger partial charge in [-0.2, -0.15) is 5.10 Å². The second-order valence-corrected chi connectivity index (χ2v) is 6.43. The third-order valence-corrected chi connectivity index (χ3v) is 4.53. The highest BCUT2D eigenvalue weighted by Crippen LogP contribution is 2.17. The first-order valence-corrected chi connectivity index (χ1v) is 8.78. The van der Waals surface area contributed by atoms with Gasteiger partial charge in [0.25, 0.3) is 5.91 Å². The normalized spacial score (nSPS) is 12.0. The molecule has 4 N–H and O–H groups in total. The van der Waals surface area contributed by atoms with Crippen LogP contribution in [0.5, 0.6) is 0 Å². The number of amides is 2. The van der Waals surface area contributed by atoms with Crippen LogP contribution >= 0.6 is 0 Å². The number of aromatic amines is 1. The highest BCUT2D eigenvalue weighted by molar-refractivity contribution is 6.03. The van der Waals surface area contributed by atoms with Gasteiger partial charge >= 0.3 is 0 Å². The third kappa shape index (κ3) is 3.56. The van der Waals surface area contributed by atoms with E-state index in [1.165, 1.54) is 0 Å². The van der Waals surface area contributed by atoms with Gasteiger partial charge in [-0.25, -0.2) is 0 Å². The van der Waals surface area contributed by atoms with Crippen LogP contribution in [0.4, 0.5) is 5.69 Å². The Morgan fingerprint density at radius 1 is 1.00 bits per heavy atom. The Morgan fingerprint density at radius 3 is 2.61 bits per heavy atom. The van der Waals surface area contributed by atoms with E-state index in [1.54, 1.807) is 30.5 Å². The van der Waals surface area contributed by atoms with E-state index in [0.29, 0.717) is 11.3 Å². The van der Waals surface area contributed by atoms with Gasteiger partial charge in [0.2, 0.25) is 5.91 Å². The summed E-state index contributed by atoms with van der Waals surface area (Å²) in [6, 6.07) is 17.2. The molecule has 0 unspecified atom stereocenters. The number of nitrogens with one attached hydrogen (secondary N) is 3. The first-order valence-electron chi connectivity index (χ1n) is 8.78. The molecule has 0 aliphatic rings. The first kappa shape index (κ1) is 17.7. The minimum atomic E-state index is -1.07. The number of anilines is 1. The van der Waals surface area contributed by atoms with Crippen molar-refractivity contribution in [2.75, 3.05) is 11.9 Å². The van der Waals surface area contributed by atoms with Crippen LogP contribution in [0.15, 0.2) is 66.9 Å². The van der Waals surface area contributed by atoms with Crippen molar-refractivity contribution in [1.29, 1.82) is 0 Å². The van der Waals surface area contributed by atoms with E-state index in [1.807, 2.05) is 36.4 Å². The number of H-pyrrole nitrogens is 1. The molecule has 0 saturated heterocycles. The average molecular weight is 374 g/mol. The molecule has 1 aromatic heterocycles. The molecule has 0 radical (unpaired) electrons. The molecule has 28 heavy (non-hydrogen) atoms. The molecule has 0 saturated carbocycles. The van der Waals surface area contributed by atoms with E-state index < -0.39 is 24.5 Å². The van der Waals surface area contributed by atoms with Gasteiger partial charge in [-0.05, 0) is 41.1 Å². The fourth-order valence-corrected chi connectivity index (χ4v) is 3.01. The largest absolute Gasteiger partial charge is 0.394 e. The number of benzene rings is 3. The minimum absolute atomic E-state index is 0.420. The maximum absolute atomic E-state index is 12.5. The van der Waals surface area contributed by atoms with Crippen LogP contribution in [0.1, 0.15) is 10.4 Å². The van der Waals surface area contributed by atoms with Gasteiger partial charge in [0.1, 0.15) is 6.04 Å². The molecule has 140 valence electrons. The van der Waals surface area contributed by atoms with Crippen molar-refractivity contribution in [1.82, 2.24) is 15.5 Å². The molecule has 7 heteroatoms. The van der Waals surface area contributed by atoms with Gasteiger partial charge in [-0.3, -0.25) is 14.7 Å². The van der Waals surface area contributed by atoms with Gasteiger partial charge in [0.05, 0.1) is 18.3 Å². The lowest BCUT2D eigenvalue weighted by atomic mass is 10.1. The Bertz CT molecular complexity index is 1170. The summed E-state index contributed by atoms with van der Waals surface area (Å²) in [7, 11) is 0. The average Bonchev–Trinajstić information content (AvgIpc) is 3.19. The fourth-order valence-electron chi connectivity index (χ4n) is 3.01. The van der Waals surface area contributed by atoms with Crippen LogP contribution < -0.4 is 10.6 Å². The van der Waals surface area contributed by atoms with Gasteiger partial charge in [0.15, 0.2) is 0 Å². The van der Waals surface area contributed by atoms with Gasteiger partial charge in [0, 0.05) is 16.6 Å². The number of hydrogen-bond acceptors (Lipinski definition) is 4. The zero-order valence-corrected chi connectivity index (χ0v) is 14.8. The quantitative estimate of drug-likeness (QED) is 0.430. The predicted molar refractivity (Wildman–Crippen MR) is 107 cm³/mol. The molecule has 0 aliphatic carbocycles. The Balaban J connectivity index is 1.47. The maximum Gasteiger partial charge on any atom is 0.252 e. The van der Waals surface area contributed by atoms with E-state index in [4.69, 9.17) is 0 Å². The van der Waals surface area contributed by atoms with Crippen molar-refractivity contribution in [3.8, 4) is 0 Å². The number of carbonyl (C=O) groups excluding carboxylic acids is 2. The summed E-state index contributed by atoms with van der Waals surface area (Å²) in [5.74, 6) is -0.931. The van der Waals surface area contributed by atoms with Crippen molar-refractivity contribution in [3.63, 3.8) is 0 Å². The molecule has 4 rings (SSSR count). The van der Waals surface area contributed by atoms with E-state index in [0.717, 1.165) is 21.7 Å². The fraction of sp³-hybridized carbons (Fsp3) is 0.0952. The van der Waals surface area contributed by atoms with Crippen LogP contribution in [0.3, 0.4) is 0 Å². The number of fused-ring (bicyclic) bond motifs is 2. The Kier molecular flexibility index (Phi) is 4.74. The molecular weight excluding hydrogens is 356 g/mol. The standard InChI is InChI=1S/C21H18N4O3/c26-12-19(21(28)23-17-8-7-16-11-22-25-18(16)10-17)24-20(27)15-6-5-13-3-1-2-4-14(13)9-15/h1-11,19,26H,12H2,(H,22,25)(H,23,28)(H,24,27)/t19-/m0/s1. The lowest BCUT2D eigenvalue weighted by molar-refractivity contribution is -0.118. The molecule has 0 spiro atoms. The molecule has 0 bridgehead atoms. The lowest BCUT2D eigenvalue weighted by Gasteiger charge is -2.16. The van der Waals surface area contributed by atoms with E-state index >= 15 is 0 Å². The van der Waals surface area contributed by atoms with Crippen molar-refractivity contribution in [2.45, 2.75) is 6.04 Å². The first-order chi connectivity index (χ1) is 13.6. The minimum Gasteiger partial charge on any atom is -0.394 e. The number of aliphatic hydroxyl groups is 1. The van der Waals surface area contributed by atoms with E-state index in [-0.39, 0.29) is 0 Å². The van der Waals surface area contributed by atoms with Gasteiger partial charge < -0.3 is 15.7 Å². The molecule has 0 fully saturated rings. The molecule has 0 aliphatic heterocycles. The second-order valence-electron chi connectivity index (χ2n) is 6.43. The number of carbonyl (C=O) groups is 2. The summed E-state index contributed by atoms with van der Waals surface area (Å²) in [6.07, 6.45) is 1.68. The predicted octanol–water partition coefficient (Wildman–Crippen LogP) is 2.45. The molecule has 1 atom stereocenters. The van der Waals surface area contributed by atoms with Crippen molar-refractivity contribution < 1.29 is 14.7 Å². The van der Waals surface area contributed by atoms with E-state index in [2.05, 4.69) is 20.8 Å². The molecule has 3 aromatic carbocycles. The number of aliphatic hydroxyl groups excluding tert-OH is 1. The second kappa shape index (κ2) is 7.50. The van der Waals surface area contributed by atoms with Gasteiger partial charge in [-0.15, -0.1) is 0 Å². The van der Waals surface area contributed by atoms with Crippen LogP contribution in [-0.4, -0.2) is 39.8 Å². The highest BCUT2D eigenvalue weighted by atomic mass is 16.3. The molecule has 1 heterocycles. The van der Waals surface area contributed by atoms with E-state index in [9.17, 15) is 14.7 Å². The van der Waals surface area contributed by atoms with Crippen LogP contribution in [0, 0.1) is 0 Å². The van der Waals surface area contributed by atoms with Crippen LogP contribution in [0.2, 0.25) is 0 Å². The molecule has 2 amide bonds. The van der Waals surface area contributed by atoms with Crippen LogP contribution in [-0.2, 0) is 4.79 Å². The summed E-state index contributed by atoms with van der Waals surface area (Å²) >= 11 is 0. The monoisotopic (exact) mass is 374 g/mol. The zero-order chi connectivity index (χ0) is 19.5. The molecule has 4 aromatic rings. The van der Waals surface area contributed by atoms with Gasteiger partial charge in [-0.1, -0.05) is 30.3 Å². The summed E-state index contributed by atoms with van der Waals surface area (Å²) in [6.45, 7) is -0.516. The number of hydrogen-bond donors (Lipinski definition) is 4. The summed E-state index contributed by atoms with van der Waals surface area (Å²) in [5, 5.41) is 24.5. The van der Waals surface area contributed by atoms with Crippen molar-refractivity contribution in [3.05, 3.63) is 72.4 Å². The van der Waals surface area contributed by atoms with Crippen molar-refractivity contribution >= 4 is 39.2 Å². The topological polar surface area (TPSA) is 107 Å². The maximum atomic E-state index is 12.5. The van der Waals surface area contributed by atoms with Crippen LogP contribution in [0.25, 0.3) is 21.7 Å². The smallest absolute Gasteiger partial charge is 0.252 e. The Hall–Kier alpha value is -3.71. The summed E-state index contributed by atoms with van der Waals surface area (Å²) in [5.41, 5.74) is 1.74. The number of rotatable bonds is 5. The number of nitrogens with zero attached hydrogens (tertiary/aromatic N) is 1. The number of aromatic nitrogens is 2. The summed E-state index contributed by atoms with van der Waals surface area (Å²) in [4.78, 5) is 25.0. The zero-order valence-electron chi connectivity index (χ0n) is 14.8. The Morgan fingerprint density at radius 2 is 1.79 bits per heavy atom. The van der Waals surface area contributed by atoms with Crippen molar-refractivity contribution in [2.24, 2.45) is 0 Å². The highest BCUT2D eigenvalue weighted by Gasteiger charge is 2.21. The summed E-state index contributed by atoms with van der Waals surface area (Å²) < 4.78 is 0. The SMILES string of the molecule is O=C(N[C@@H](CO)C(=O)Nc1ccc2cn[nH]c2c1)c1ccc2ccccc2c1. The molecule has 7 nitrogen and oxygen atoms in total. The third-order valence-electron chi connectivity index (χ3n) is 4.53. The Labute approximate surface area is 160 Å².